The third-order valence-corrected chi connectivity index (χ3v) is 2.59. The van der Waals surface area contributed by atoms with E-state index < -0.39 is 0 Å². The maximum atomic E-state index is 11.5. The fraction of sp³-hybridized carbons (Fsp3) is 0.818. The van der Waals surface area contributed by atoms with Crippen LogP contribution in [0.1, 0.15) is 32.6 Å². The Morgan fingerprint density at radius 3 is 2.81 bits per heavy atom. The Labute approximate surface area is 96.4 Å². The van der Waals surface area contributed by atoms with Gasteiger partial charge in [-0.15, -0.1) is 0 Å². The third-order valence-electron chi connectivity index (χ3n) is 2.59. The van der Waals surface area contributed by atoms with Crippen molar-refractivity contribution in [2.45, 2.75) is 38.6 Å². The second-order valence-corrected chi connectivity index (χ2v) is 4.14. The van der Waals surface area contributed by atoms with Gasteiger partial charge in [-0.05, 0) is 25.8 Å². The molecule has 1 saturated heterocycles. The monoisotopic (exact) mass is 227 g/mol. The molecule has 5 heteroatoms. The summed E-state index contributed by atoms with van der Waals surface area (Å²) in [5.74, 6) is -0.155. The molecule has 3 N–H and O–H groups in total. The number of amides is 2. The van der Waals surface area contributed by atoms with Gasteiger partial charge in [-0.3, -0.25) is 9.59 Å². The van der Waals surface area contributed by atoms with Crippen LogP contribution in [0.3, 0.4) is 0 Å². The van der Waals surface area contributed by atoms with Crippen LogP contribution in [0, 0.1) is 0 Å². The second-order valence-electron chi connectivity index (χ2n) is 4.14. The predicted molar refractivity (Wildman–Crippen MR) is 62.0 cm³/mol. The topological polar surface area (TPSA) is 70.2 Å². The molecule has 16 heavy (non-hydrogen) atoms. The Morgan fingerprint density at radius 1 is 1.38 bits per heavy atom. The lowest BCUT2D eigenvalue weighted by Gasteiger charge is -2.23. The minimum Gasteiger partial charge on any atom is -0.351 e. The fourth-order valence-corrected chi connectivity index (χ4v) is 1.75. The largest absolute Gasteiger partial charge is 0.351 e. The summed E-state index contributed by atoms with van der Waals surface area (Å²) in [5, 5.41) is 8.73. The normalized spacial score (nSPS) is 20.2. The molecular weight excluding hydrogens is 206 g/mol. The molecule has 0 aromatic carbocycles. The maximum absolute atomic E-state index is 11.5. The van der Waals surface area contributed by atoms with Crippen molar-refractivity contribution in [1.29, 1.82) is 0 Å². The highest BCUT2D eigenvalue weighted by atomic mass is 16.2. The molecule has 5 nitrogen and oxygen atoms in total. The van der Waals surface area contributed by atoms with Gasteiger partial charge in [-0.2, -0.15) is 0 Å². The van der Waals surface area contributed by atoms with Gasteiger partial charge in [-0.25, -0.2) is 0 Å². The molecule has 0 spiro atoms. The number of carbonyl (C=O) groups excluding carboxylic acids is 2. The first-order valence-corrected chi connectivity index (χ1v) is 5.99. The van der Waals surface area contributed by atoms with Crippen molar-refractivity contribution in [2.75, 3.05) is 19.6 Å². The van der Waals surface area contributed by atoms with E-state index in [1.54, 1.807) is 0 Å². The summed E-state index contributed by atoms with van der Waals surface area (Å²) in [6.45, 7) is 3.89. The molecule has 0 aromatic rings. The van der Waals surface area contributed by atoms with Gasteiger partial charge in [0.15, 0.2) is 0 Å². The number of rotatable bonds is 5. The molecular formula is C11H21N3O2. The summed E-state index contributed by atoms with van der Waals surface area (Å²) in [5.41, 5.74) is 0. The zero-order chi connectivity index (χ0) is 11.8. The molecule has 0 saturated carbocycles. The first-order valence-electron chi connectivity index (χ1n) is 5.99. The zero-order valence-electron chi connectivity index (χ0n) is 9.84. The molecule has 1 rings (SSSR count). The molecule has 92 valence electrons. The summed E-state index contributed by atoms with van der Waals surface area (Å²) in [6.07, 6.45) is 3.40. The van der Waals surface area contributed by atoms with E-state index in [0.717, 1.165) is 32.4 Å². The summed E-state index contributed by atoms with van der Waals surface area (Å²) >= 11 is 0. The van der Waals surface area contributed by atoms with Crippen molar-refractivity contribution in [3.63, 3.8) is 0 Å². The molecule has 1 aliphatic heterocycles. The van der Waals surface area contributed by atoms with Crippen LogP contribution in [0.5, 0.6) is 0 Å². The van der Waals surface area contributed by atoms with Crippen molar-refractivity contribution in [1.82, 2.24) is 16.0 Å². The molecule has 0 aromatic heterocycles. The van der Waals surface area contributed by atoms with Gasteiger partial charge in [0.05, 0.1) is 6.54 Å². The third kappa shape index (κ3) is 5.11. The van der Waals surface area contributed by atoms with E-state index >= 15 is 0 Å². The Hall–Kier alpha value is -1.10. The Balaban J connectivity index is 2.12. The lowest BCUT2D eigenvalue weighted by atomic mass is 10.1. The summed E-state index contributed by atoms with van der Waals surface area (Å²) in [6, 6.07) is 0.212. The quantitative estimate of drug-likeness (QED) is 0.607. The van der Waals surface area contributed by atoms with Crippen molar-refractivity contribution in [2.24, 2.45) is 0 Å². The van der Waals surface area contributed by atoms with Crippen LogP contribution in [0.15, 0.2) is 0 Å². The number of nitrogens with one attached hydrogen (secondary N) is 3. The Kier molecular flexibility index (Phi) is 5.85. The van der Waals surface area contributed by atoms with Crippen LogP contribution in [-0.2, 0) is 9.59 Å². The number of hydrogen-bond donors (Lipinski definition) is 3. The van der Waals surface area contributed by atoms with E-state index in [2.05, 4.69) is 16.0 Å². The van der Waals surface area contributed by atoms with Gasteiger partial charge < -0.3 is 16.0 Å². The predicted octanol–water partition coefficient (Wildman–Crippen LogP) is -0.229. The molecule has 1 fully saturated rings. The fourth-order valence-electron chi connectivity index (χ4n) is 1.75. The van der Waals surface area contributed by atoms with Gasteiger partial charge >= 0.3 is 0 Å². The minimum absolute atomic E-state index is 0.0561. The van der Waals surface area contributed by atoms with Gasteiger partial charge in [0.25, 0.3) is 0 Å². The lowest BCUT2D eigenvalue weighted by Crippen LogP contribution is -2.48. The first kappa shape index (κ1) is 13.0. The SMILES string of the molecule is CCCC(=O)NCC(=O)N[C@H]1CCCNC1. The highest BCUT2D eigenvalue weighted by Gasteiger charge is 2.15. The highest BCUT2D eigenvalue weighted by molar-refractivity contribution is 5.84. The number of piperidine rings is 1. The van der Waals surface area contributed by atoms with Crippen molar-refractivity contribution in [3.8, 4) is 0 Å². The average Bonchev–Trinajstić information content (AvgIpc) is 2.28. The van der Waals surface area contributed by atoms with E-state index in [4.69, 9.17) is 0 Å². The summed E-state index contributed by atoms with van der Waals surface area (Å²) < 4.78 is 0. The molecule has 0 unspecified atom stereocenters. The maximum Gasteiger partial charge on any atom is 0.239 e. The number of hydrogen-bond acceptors (Lipinski definition) is 3. The van der Waals surface area contributed by atoms with Crippen molar-refractivity contribution in [3.05, 3.63) is 0 Å². The summed E-state index contributed by atoms with van der Waals surface area (Å²) in [7, 11) is 0. The first-order chi connectivity index (χ1) is 7.72. The number of carbonyl (C=O) groups is 2. The molecule has 0 aliphatic carbocycles. The van der Waals surface area contributed by atoms with Gasteiger partial charge in [0, 0.05) is 19.0 Å². The standard InChI is InChI=1S/C11H21N3O2/c1-2-4-10(15)13-8-11(16)14-9-5-3-6-12-7-9/h9,12H,2-8H2,1H3,(H,13,15)(H,14,16)/t9-/m0/s1. The van der Waals surface area contributed by atoms with E-state index in [1.165, 1.54) is 0 Å². The van der Waals surface area contributed by atoms with Crippen molar-refractivity contribution < 1.29 is 9.59 Å². The van der Waals surface area contributed by atoms with E-state index in [9.17, 15) is 9.59 Å². The smallest absolute Gasteiger partial charge is 0.239 e. The van der Waals surface area contributed by atoms with E-state index in [0.29, 0.717) is 6.42 Å². The minimum atomic E-state index is -0.0989. The van der Waals surface area contributed by atoms with Crippen LogP contribution in [0.4, 0.5) is 0 Å². The zero-order valence-corrected chi connectivity index (χ0v) is 9.84. The molecule has 0 bridgehead atoms. The Morgan fingerprint density at radius 2 is 2.19 bits per heavy atom. The molecule has 2 amide bonds. The average molecular weight is 227 g/mol. The van der Waals surface area contributed by atoms with E-state index in [1.807, 2.05) is 6.92 Å². The van der Waals surface area contributed by atoms with Crippen LogP contribution in [0.2, 0.25) is 0 Å². The van der Waals surface area contributed by atoms with Crippen LogP contribution in [-0.4, -0.2) is 37.5 Å². The van der Waals surface area contributed by atoms with Crippen molar-refractivity contribution >= 4 is 11.8 Å². The Bertz CT molecular complexity index is 237. The lowest BCUT2D eigenvalue weighted by molar-refractivity contribution is -0.126. The van der Waals surface area contributed by atoms with E-state index in [-0.39, 0.29) is 24.4 Å². The second kappa shape index (κ2) is 7.22. The van der Waals surface area contributed by atoms with Gasteiger partial charge in [0.1, 0.15) is 0 Å². The van der Waals surface area contributed by atoms with Crippen LogP contribution >= 0.6 is 0 Å². The highest BCUT2D eigenvalue weighted by Crippen LogP contribution is 2.00. The van der Waals surface area contributed by atoms with Crippen LogP contribution in [0.25, 0.3) is 0 Å². The van der Waals surface area contributed by atoms with Crippen LogP contribution < -0.4 is 16.0 Å². The van der Waals surface area contributed by atoms with Gasteiger partial charge in [0.2, 0.25) is 11.8 Å². The molecule has 1 aliphatic rings. The summed E-state index contributed by atoms with van der Waals surface area (Å²) in [4.78, 5) is 22.6. The van der Waals surface area contributed by atoms with Gasteiger partial charge in [-0.1, -0.05) is 6.92 Å². The molecule has 1 atom stereocenters. The molecule has 0 radical (unpaired) electrons. The molecule has 1 heterocycles.